The predicted octanol–water partition coefficient (Wildman–Crippen LogP) is 3.76. The van der Waals surface area contributed by atoms with Gasteiger partial charge in [-0.05, 0) is 55.5 Å². The van der Waals surface area contributed by atoms with E-state index in [1.54, 1.807) is 0 Å². The first-order valence-electron chi connectivity index (χ1n) is 8.11. The van der Waals surface area contributed by atoms with Crippen LogP contribution >= 0.6 is 12.2 Å². The third kappa shape index (κ3) is 4.81. The number of hydrogen-bond donors (Lipinski definition) is 2. The molecule has 0 fully saturated rings. The van der Waals surface area contributed by atoms with Crippen LogP contribution in [0.4, 0.5) is 5.69 Å². The van der Waals surface area contributed by atoms with Gasteiger partial charge in [0, 0.05) is 24.0 Å². The second-order valence-electron chi connectivity index (χ2n) is 5.39. The normalized spacial score (nSPS) is 10.3. The maximum absolute atomic E-state index is 5.42. The highest BCUT2D eigenvalue weighted by atomic mass is 32.1. The van der Waals surface area contributed by atoms with E-state index in [-0.39, 0.29) is 0 Å². The molecule has 0 saturated heterocycles. The van der Waals surface area contributed by atoms with Crippen LogP contribution in [0.15, 0.2) is 67.0 Å². The Labute approximate surface area is 152 Å². The maximum atomic E-state index is 5.42. The molecular formula is C19H20N4OS. The number of aromatic nitrogens is 2. The first-order valence-corrected chi connectivity index (χ1v) is 8.52. The molecule has 0 aliphatic heterocycles. The number of hydrogen-bond acceptors (Lipinski definition) is 3. The molecule has 3 aromatic rings. The highest BCUT2D eigenvalue weighted by molar-refractivity contribution is 7.80. The van der Waals surface area contributed by atoms with Crippen LogP contribution in [0.25, 0.3) is 5.69 Å². The summed E-state index contributed by atoms with van der Waals surface area (Å²) in [6, 6.07) is 17.7. The van der Waals surface area contributed by atoms with Gasteiger partial charge in [0.1, 0.15) is 5.75 Å². The van der Waals surface area contributed by atoms with Crippen LogP contribution < -0.4 is 15.4 Å². The van der Waals surface area contributed by atoms with E-state index in [0.717, 1.165) is 22.7 Å². The second kappa shape index (κ2) is 8.30. The number of rotatable bonds is 6. The summed E-state index contributed by atoms with van der Waals surface area (Å²) >= 11 is 5.34. The third-order valence-corrected chi connectivity index (χ3v) is 3.78. The van der Waals surface area contributed by atoms with E-state index in [0.29, 0.717) is 18.3 Å². The summed E-state index contributed by atoms with van der Waals surface area (Å²) in [5.41, 5.74) is 3.00. The minimum Gasteiger partial charge on any atom is -0.494 e. The van der Waals surface area contributed by atoms with Gasteiger partial charge in [0.15, 0.2) is 5.11 Å². The van der Waals surface area contributed by atoms with E-state index in [1.165, 1.54) is 0 Å². The minimum atomic E-state index is 0.566. The van der Waals surface area contributed by atoms with Crippen molar-refractivity contribution in [2.24, 2.45) is 0 Å². The van der Waals surface area contributed by atoms with Crippen LogP contribution in [-0.4, -0.2) is 21.5 Å². The Bertz CT molecular complexity index is 815. The Balaban J connectivity index is 1.51. The number of nitrogens with zero attached hydrogens (tertiary/aromatic N) is 2. The van der Waals surface area contributed by atoms with Gasteiger partial charge in [-0.2, -0.15) is 5.10 Å². The number of thiocarbonyl (C=S) groups is 1. The monoisotopic (exact) mass is 352 g/mol. The van der Waals surface area contributed by atoms with Crippen molar-refractivity contribution < 1.29 is 4.74 Å². The number of benzene rings is 2. The lowest BCUT2D eigenvalue weighted by atomic mass is 10.3. The Morgan fingerprint density at radius 2 is 1.88 bits per heavy atom. The van der Waals surface area contributed by atoms with Crippen LogP contribution in [0.2, 0.25) is 0 Å². The minimum absolute atomic E-state index is 0.566. The fourth-order valence-corrected chi connectivity index (χ4v) is 2.52. The zero-order valence-electron chi connectivity index (χ0n) is 14.0. The van der Waals surface area contributed by atoms with Gasteiger partial charge in [0.05, 0.1) is 18.5 Å². The van der Waals surface area contributed by atoms with Gasteiger partial charge < -0.3 is 15.4 Å². The number of anilines is 1. The van der Waals surface area contributed by atoms with Gasteiger partial charge in [-0.3, -0.25) is 0 Å². The Kier molecular flexibility index (Phi) is 5.64. The molecule has 0 unspecified atom stereocenters. The Morgan fingerprint density at radius 3 is 2.60 bits per heavy atom. The molecule has 0 saturated carbocycles. The summed E-state index contributed by atoms with van der Waals surface area (Å²) in [5.74, 6) is 0.847. The molecular weight excluding hydrogens is 332 g/mol. The van der Waals surface area contributed by atoms with Crippen molar-refractivity contribution in [3.8, 4) is 11.4 Å². The largest absolute Gasteiger partial charge is 0.494 e. The molecule has 0 bridgehead atoms. The molecule has 0 radical (unpaired) electrons. The smallest absolute Gasteiger partial charge is 0.171 e. The maximum Gasteiger partial charge on any atom is 0.171 e. The third-order valence-electron chi connectivity index (χ3n) is 3.53. The lowest BCUT2D eigenvalue weighted by Crippen LogP contribution is -2.27. The molecule has 3 rings (SSSR count). The van der Waals surface area contributed by atoms with E-state index in [2.05, 4.69) is 15.7 Å². The zero-order valence-corrected chi connectivity index (χ0v) is 14.8. The summed E-state index contributed by atoms with van der Waals surface area (Å²) in [4.78, 5) is 0. The van der Waals surface area contributed by atoms with Crippen molar-refractivity contribution in [3.63, 3.8) is 0 Å². The van der Waals surface area contributed by atoms with Crippen molar-refractivity contribution in [2.75, 3.05) is 11.9 Å². The SMILES string of the molecule is CCOc1ccc(NC(=S)NCc2cnn(-c3ccccc3)c2)cc1. The molecule has 0 amide bonds. The Morgan fingerprint density at radius 1 is 1.12 bits per heavy atom. The zero-order chi connectivity index (χ0) is 17.5. The van der Waals surface area contributed by atoms with Crippen molar-refractivity contribution in [2.45, 2.75) is 13.5 Å². The standard InChI is InChI=1S/C19H20N4OS/c1-2-24-18-10-8-16(9-11-18)22-19(25)20-12-15-13-21-23(14-15)17-6-4-3-5-7-17/h3-11,13-14H,2,12H2,1H3,(H2,20,22,25). The molecule has 1 aromatic heterocycles. The molecule has 0 spiro atoms. The van der Waals surface area contributed by atoms with Crippen molar-refractivity contribution in [1.82, 2.24) is 15.1 Å². The topological polar surface area (TPSA) is 51.1 Å². The van der Waals surface area contributed by atoms with E-state index < -0.39 is 0 Å². The number of ether oxygens (including phenoxy) is 1. The fraction of sp³-hybridized carbons (Fsp3) is 0.158. The average Bonchev–Trinajstić information content (AvgIpc) is 3.12. The summed E-state index contributed by atoms with van der Waals surface area (Å²) in [7, 11) is 0. The van der Waals surface area contributed by atoms with Gasteiger partial charge >= 0.3 is 0 Å². The molecule has 2 aromatic carbocycles. The molecule has 25 heavy (non-hydrogen) atoms. The lowest BCUT2D eigenvalue weighted by molar-refractivity contribution is 0.340. The van der Waals surface area contributed by atoms with Crippen LogP contribution in [0.5, 0.6) is 5.75 Å². The highest BCUT2D eigenvalue weighted by Gasteiger charge is 2.03. The molecule has 0 aliphatic rings. The fourth-order valence-electron chi connectivity index (χ4n) is 2.33. The van der Waals surface area contributed by atoms with Crippen molar-refractivity contribution >= 4 is 23.0 Å². The summed E-state index contributed by atoms with van der Waals surface area (Å²) in [6.45, 7) is 3.23. The van der Waals surface area contributed by atoms with Crippen molar-refractivity contribution in [1.29, 1.82) is 0 Å². The van der Waals surface area contributed by atoms with Crippen molar-refractivity contribution in [3.05, 3.63) is 72.6 Å². The number of nitrogens with one attached hydrogen (secondary N) is 2. The van der Waals surface area contributed by atoms with Gasteiger partial charge in [-0.25, -0.2) is 4.68 Å². The first kappa shape index (κ1) is 17.0. The number of para-hydroxylation sites is 1. The lowest BCUT2D eigenvalue weighted by Gasteiger charge is -2.10. The molecule has 0 atom stereocenters. The van der Waals surface area contributed by atoms with E-state index in [4.69, 9.17) is 17.0 Å². The van der Waals surface area contributed by atoms with E-state index >= 15 is 0 Å². The van der Waals surface area contributed by atoms with Crippen LogP contribution in [0, 0.1) is 0 Å². The van der Waals surface area contributed by atoms with Gasteiger partial charge in [-0.1, -0.05) is 18.2 Å². The predicted molar refractivity (Wildman–Crippen MR) is 104 cm³/mol. The summed E-state index contributed by atoms with van der Waals surface area (Å²) in [6.07, 6.45) is 3.82. The highest BCUT2D eigenvalue weighted by Crippen LogP contribution is 2.15. The Hall–Kier alpha value is -2.86. The summed E-state index contributed by atoms with van der Waals surface area (Å²) in [5, 5.41) is 11.3. The molecule has 128 valence electrons. The quantitative estimate of drug-likeness (QED) is 0.662. The molecule has 6 heteroatoms. The second-order valence-corrected chi connectivity index (χ2v) is 5.80. The molecule has 1 heterocycles. The van der Waals surface area contributed by atoms with E-state index in [9.17, 15) is 0 Å². The van der Waals surface area contributed by atoms with Crippen LogP contribution in [0.1, 0.15) is 12.5 Å². The van der Waals surface area contributed by atoms with Gasteiger partial charge in [-0.15, -0.1) is 0 Å². The van der Waals surface area contributed by atoms with Gasteiger partial charge in [0.2, 0.25) is 0 Å². The molecule has 5 nitrogen and oxygen atoms in total. The van der Waals surface area contributed by atoms with E-state index in [1.807, 2.05) is 78.6 Å². The molecule has 0 aliphatic carbocycles. The van der Waals surface area contributed by atoms with Crippen LogP contribution in [0.3, 0.4) is 0 Å². The molecule has 2 N–H and O–H groups in total. The first-order chi connectivity index (χ1) is 12.2. The average molecular weight is 352 g/mol. The summed E-state index contributed by atoms with van der Waals surface area (Å²) < 4.78 is 7.27. The van der Waals surface area contributed by atoms with Gasteiger partial charge in [0.25, 0.3) is 0 Å². The van der Waals surface area contributed by atoms with Crippen LogP contribution in [-0.2, 0) is 6.54 Å².